The number of benzene rings is 3. The average molecular weight is 782 g/mol. The number of aromatic nitrogens is 1. The molecule has 0 bridgehead atoms. The molecule has 0 unspecified atom stereocenters. The van der Waals surface area contributed by atoms with E-state index < -0.39 is 0 Å². The number of halogens is 2. The Morgan fingerprint density at radius 1 is 0.982 bits per heavy atom. The molecule has 11 heteroatoms. The van der Waals surface area contributed by atoms with Gasteiger partial charge < -0.3 is 29.5 Å². The summed E-state index contributed by atoms with van der Waals surface area (Å²) < 4.78 is 19.2. The zero-order valence-corrected chi connectivity index (χ0v) is 32.4. The van der Waals surface area contributed by atoms with Crippen LogP contribution in [0.15, 0.2) is 67.0 Å². The van der Waals surface area contributed by atoms with E-state index in [2.05, 4.69) is 33.4 Å². The van der Waals surface area contributed by atoms with E-state index >= 15 is 0 Å². The summed E-state index contributed by atoms with van der Waals surface area (Å²) in [4.78, 5) is 18.4. The third-order valence-corrected chi connectivity index (χ3v) is 12.3. The number of ketones is 1. The van der Waals surface area contributed by atoms with E-state index in [1.165, 1.54) is 11.8 Å². The number of aliphatic hydroxyl groups is 1. The summed E-state index contributed by atoms with van der Waals surface area (Å²) in [6.45, 7) is 5.20. The van der Waals surface area contributed by atoms with Crippen LogP contribution in [0.5, 0.6) is 17.2 Å². The standard InChI is InChI=1S/C44H46Cl2N4O5/c45-38-16-31(24-49-21-28-8-9-32(51)15-28)41(54-25-30-14-29(20-47)22-48-23-30)17-42(38)55-39-11-10-35-34(4-1-5-36(35)39)37-6-2-7-40(43(37)46)53-13-3-12-50-26-44(27-50)18-33(52)19-44/h1-2,4-7,14,16-17,22-23,28,33,39,49,52H,3,8-13,15,18-19,21,24-27H2/t28-,39-/m0/s1. The highest BCUT2D eigenvalue weighted by Gasteiger charge is 2.51. The van der Waals surface area contributed by atoms with Crippen LogP contribution in [-0.2, 0) is 24.4 Å². The average Bonchev–Trinajstić information content (AvgIpc) is 3.78. The number of carbonyl (C=O) groups is 1. The van der Waals surface area contributed by atoms with Crippen molar-refractivity contribution in [1.82, 2.24) is 15.2 Å². The molecule has 4 aliphatic rings. The third kappa shape index (κ3) is 8.50. The van der Waals surface area contributed by atoms with Crippen LogP contribution in [0.25, 0.3) is 11.1 Å². The Labute approximate surface area is 332 Å². The SMILES string of the molecule is N#Cc1cncc(COc2cc(O[C@H]3CCc4c(-c5cccc(OCCCN6CC7(CC(O)C7)C6)c5Cl)cccc43)c(Cl)cc2CNC[C@H]2CCC(=O)C2)c1. The molecule has 2 N–H and O–H groups in total. The van der Waals surface area contributed by atoms with Crippen molar-refractivity contribution in [3.63, 3.8) is 0 Å². The summed E-state index contributed by atoms with van der Waals surface area (Å²) in [6, 6.07) is 19.9. The summed E-state index contributed by atoms with van der Waals surface area (Å²) >= 11 is 14.0. The molecule has 1 saturated heterocycles. The van der Waals surface area contributed by atoms with Crippen LogP contribution in [0.3, 0.4) is 0 Å². The van der Waals surface area contributed by atoms with Gasteiger partial charge in [0.1, 0.15) is 41.8 Å². The summed E-state index contributed by atoms with van der Waals surface area (Å²) in [6.07, 6.45) is 9.48. The molecule has 286 valence electrons. The Kier molecular flexibility index (Phi) is 11.3. The molecule has 3 aliphatic carbocycles. The van der Waals surface area contributed by atoms with Crippen LogP contribution in [-0.4, -0.2) is 59.7 Å². The van der Waals surface area contributed by atoms with E-state index in [9.17, 15) is 15.2 Å². The summed E-state index contributed by atoms with van der Waals surface area (Å²) in [5.74, 6) is 2.50. The molecule has 2 heterocycles. The molecule has 0 radical (unpaired) electrons. The second-order valence-corrected chi connectivity index (χ2v) is 16.5. The van der Waals surface area contributed by atoms with E-state index in [1.807, 2.05) is 36.4 Å². The highest BCUT2D eigenvalue weighted by Crippen LogP contribution is 2.48. The van der Waals surface area contributed by atoms with Gasteiger partial charge in [0.05, 0.1) is 28.3 Å². The molecular weight excluding hydrogens is 735 g/mol. The number of rotatable bonds is 15. The van der Waals surface area contributed by atoms with Gasteiger partial charge in [-0.1, -0.05) is 53.5 Å². The molecule has 3 aromatic carbocycles. The maximum atomic E-state index is 11.8. The quantitative estimate of drug-likeness (QED) is 0.115. The fourth-order valence-corrected chi connectivity index (χ4v) is 9.42. The number of pyridine rings is 1. The molecule has 8 rings (SSSR count). The smallest absolute Gasteiger partial charge is 0.142 e. The molecule has 9 nitrogen and oxygen atoms in total. The van der Waals surface area contributed by atoms with E-state index in [0.29, 0.717) is 76.0 Å². The Balaban J connectivity index is 0.948. The molecule has 55 heavy (non-hydrogen) atoms. The van der Waals surface area contributed by atoms with Gasteiger partial charge in [-0.25, -0.2) is 0 Å². The predicted molar refractivity (Wildman–Crippen MR) is 212 cm³/mol. The monoisotopic (exact) mass is 780 g/mol. The van der Waals surface area contributed by atoms with Crippen LogP contribution in [0.4, 0.5) is 0 Å². The Morgan fingerprint density at radius 3 is 2.62 bits per heavy atom. The van der Waals surface area contributed by atoms with Crippen molar-refractivity contribution in [2.45, 2.75) is 76.7 Å². The summed E-state index contributed by atoms with van der Waals surface area (Å²) in [7, 11) is 0. The highest BCUT2D eigenvalue weighted by molar-refractivity contribution is 6.35. The lowest BCUT2D eigenvalue weighted by atomic mass is 9.62. The second-order valence-electron chi connectivity index (χ2n) is 15.8. The number of hydrogen-bond acceptors (Lipinski definition) is 9. The normalized spacial score (nSPS) is 20.1. The Bertz CT molecular complexity index is 2090. The fourth-order valence-electron chi connectivity index (χ4n) is 8.91. The molecule has 1 spiro atoms. The van der Waals surface area contributed by atoms with Crippen molar-refractivity contribution in [3.8, 4) is 34.4 Å². The van der Waals surface area contributed by atoms with Crippen LogP contribution in [0.1, 0.15) is 78.9 Å². The van der Waals surface area contributed by atoms with E-state index in [1.54, 1.807) is 12.3 Å². The Hall–Kier alpha value is -4.17. The van der Waals surface area contributed by atoms with Gasteiger partial charge in [-0.3, -0.25) is 9.78 Å². The van der Waals surface area contributed by atoms with Gasteiger partial charge in [0.15, 0.2) is 0 Å². The van der Waals surface area contributed by atoms with Crippen LogP contribution in [0.2, 0.25) is 10.0 Å². The van der Waals surface area contributed by atoms with Gasteiger partial charge in [0, 0.05) is 79.6 Å². The number of aliphatic hydroxyl groups excluding tert-OH is 1. The molecule has 1 aliphatic heterocycles. The number of nitrogens with one attached hydrogen (secondary N) is 1. The first kappa shape index (κ1) is 37.7. The van der Waals surface area contributed by atoms with Gasteiger partial charge in [0.25, 0.3) is 0 Å². The topological polar surface area (TPSA) is 117 Å². The Morgan fingerprint density at radius 2 is 1.82 bits per heavy atom. The molecule has 0 amide bonds. The third-order valence-electron chi connectivity index (χ3n) is 11.6. The summed E-state index contributed by atoms with van der Waals surface area (Å²) in [5.41, 5.74) is 6.80. The minimum Gasteiger partial charge on any atom is -0.492 e. The minimum atomic E-state index is -0.220. The van der Waals surface area contributed by atoms with Crippen molar-refractivity contribution in [2.75, 3.05) is 32.8 Å². The number of nitrogens with zero attached hydrogens (tertiary/aromatic N) is 3. The lowest BCUT2D eigenvalue weighted by molar-refractivity contribution is -0.128. The first-order valence-corrected chi connectivity index (χ1v) is 20.1. The fraction of sp³-hybridized carbons (Fsp3) is 0.432. The largest absolute Gasteiger partial charge is 0.492 e. The second kappa shape index (κ2) is 16.5. The number of likely N-dealkylation sites (tertiary alicyclic amines) is 1. The maximum absolute atomic E-state index is 11.8. The van der Waals surface area contributed by atoms with Gasteiger partial charge in [-0.15, -0.1) is 0 Å². The van der Waals surface area contributed by atoms with Crippen LogP contribution >= 0.6 is 23.2 Å². The van der Waals surface area contributed by atoms with Gasteiger partial charge in [-0.05, 0) is 85.9 Å². The first-order valence-electron chi connectivity index (χ1n) is 19.4. The van der Waals surface area contributed by atoms with E-state index in [4.69, 9.17) is 37.4 Å². The molecule has 2 saturated carbocycles. The molecule has 1 aromatic heterocycles. The molecule has 4 aromatic rings. The van der Waals surface area contributed by atoms with Crippen molar-refractivity contribution < 1.29 is 24.1 Å². The van der Waals surface area contributed by atoms with Crippen molar-refractivity contribution in [3.05, 3.63) is 105 Å². The lowest BCUT2D eigenvalue weighted by Crippen LogP contribution is -2.63. The number of hydrogen-bond donors (Lipinski definition) is 2. The minimum absolute atomic E-state index is 0.103. The highest BCUT2D eigenvalue weighted by atomic mass is 35.5. The molecule has 2 atom stereocenters. The number of fused-ring (bicyclic) bond motifs is 1. The van der Waals surface area contributed by atoms with Crippen LogP contribution in [0, 0.1) is 22.7 Å². The first-order chi connectivity index (χ1) is 26.8. The maximum Gasteiger partial charge on any atom is 0.142 e. The zero-order chi connectivity index (χ0) is 37.9. The zero-order valence-electron chi connectivity index (χ0n) is 30.9. The number of Topliss-reactive ketones (excluding diaryl/α,β-unsaturated/α-hetero) is 1. The van der Waals surface area contributed by atoms with Gasteiger partial charge in [0.2, 0.25) is 0 Å². The number of ether oxygens (including phenoxy) is 3. The van der Waals surface area contributed by atoms with Gasteiger partial charge >= 0.3 is 0 Å². The lowest BCUT2D eigenvalue weighted by Gasteiger charge is -2.58. The van der Waals surface area contributed by atoms with Gasteiger partial charge in [-0.2, -0.15) is 5.26 Å². The number of nitriles is 1. The van der Waals surface area contributed by atoms with E-state index in [-0.39, 0.29) is 18.8 Å². The van der Waals surface area contributed by atoms with Crippen molar-refractivity contribution in [1.29, 1.82) is 5.26 Å². The predicted octanol–water partition coefficient (Wildman–Crippen LogP) is 8.26. The van der Waals surface area contributed by atoms with E-state index in [0.717, 1.165) is 92.5 Å². The molecule has 3 fully saturated rings. The summed E-state index contributed by atoms with van der Waals surface area (Å²) in [5, 5.41) is 23.6. The number of carbonyl (C=O) groups excluding carboxylic acids is 1. The van der Waals surface area contributed by atoms with Crippen molar-refractivity contribution >= 4 is 29.0 Å². The molecular formula is C44H46Cl2N4O5. The van der Waals surface area contributed by atoms with Crippen LogP contribution < -0.4 is 19.5 Å². The van der Waals surface area contributed by atoms with Crippen molar-refractivity contribution in [2.24, 2.45) is 11.3 Å².